The molecule has 1 amide bonds. The van der Waals surface area contributed by atoms with E-state index < -0.39 is 0 Å². The van der Waals surface area contributed by atoms with Crippen LogP contribution in [0.4, 0.5) is 0 Å². The first-order chi connectivity index (χ1) is 7.25. The van der Waals surface area contributed by atoms with Crippen molar-refractivity contribution in [1.29, 1.82) is 0 Å². The molecule has 0 aromatic carbocycles. The summed E-state index contributed by atoms with van der Waals surface area (Å²) in [5.74, 6) is 1.48. The molecule has 2 atom stereocenters. The number of rotatable bonds is 5. The van der Waals surface area contributed by atoms with Crippen molar-refractivity contribution in [3.63, 3.8) is 0 Å². The molecular formula is C12H22N2O. The maximum Gasteiger partial charge on any atom is 0.223 e. The summed E-state index contributed by atoms with van der Waals surface area (Å²) in [6.07, 6.45) is 6.15. The number of nitrogens with one attached hydrogen (secondary N) is 2. The van der Waals surface area contributed by atoms with Crippen molar-refractivity contribution in [2.75, 3.05) is 13.1 Å². The van der Waals surface area contributed by atoms with E-state index in [-0.39, 0.29) is 5.91 Å². The number of carbonyl (C=O) groups is 1. The first kappa shape index (κ1) is 10.9. The van der Waals surface area contributed by atoms with Crippen LogP contribution in [0.1, 0.15) is 39.0 Å². The maximum atomic E-state index is 11.3. The first-order valence-electron chi connectivity index (χ1n) is 6.27. The number of hydrogen-bond donors (Lipinski definition) is 2. The van der Waals surface area contributed by atoms with Crippen LogP contribution in [0, 0.1) is 11.8 Å². The smallest absolute Gasteiger partial charge is 0.223 e. The molecular weight excluding hydrogens is 188 g/mol. The van der Waals surface area contributed by atoms with Gasteiger partial charge >= 0.3 is 0 Å². The Morgan fingerprint density at radius 3 is 2.60 bits per heavy atom. The minimum atomic E-state index is 0.261. The van der Waals surface area contributed by atoms with Crippen LogP contribution in [0.25, 0.3) is 0 Å². The standard InChI is InChI=1S/C12H22N2O/c1-9-2-5-11(8-9)13-6-7-14-12(15)10-3-4-10/h9-11,13H,2-8H2,1H3,(H,14,15). The van der Waals surface area contributed by atoms with Crippen molar-refractivity contribution < 1.29 is 4.79 Å². The molecule has 2 unspecified atom stereocenters. The number of hydrogen-bond acceptors (Lipinski definition) is 2. The minimum Gasteiger partial charge on any atom is -0.355 e. The van der Waals surface area contributed by atoms with Crippen molar-refractivity contribution in [2.45, 2.75) is 45.1 Å². The summed E-state index contributed by atoms with van der Waals surface area (Å²) in [6.45, 7) is 4.03. The highest BCUT2D eigenvalue weighted by Gasteiger charge is 2.29. The van der Waals surface area contributed by atoms with Crippen LogP contribution >= 0.6 is 0 Å². The molecule has 2 fully saturated rings. The normalized spacial score (nSPS) is 30.5. The van der Waals surface area contributed by atoms with Gasteiger partial charge in [-0.2, -0.15) is 0 Å². The highest BCUT2D eigenvalue weighted by atomic mass is 16.2. The Bertz CT molecular complexity index is 226. The summed E-state index contributed by atoms with van der Waals surface area (Å²) in [6, 6.07) is 0.692. The van der Waals surface area contributed by atoms with Gasteiger partial charge in [-0.05, 0) is 38.0 Å². The van der Waals surface area contributed by atoms with Gasteiger partial charge < -0.3 is 10.6 Å². The van der Waals surface area contributed by atoms with Crippen molar-refractivity contribution in [2.24, 2.45) is 11.8 Å². The third-order valence-corrected chi connectivity index (χ3v) is 3.50. The van der Waals surface area contributed by atoms with E-state index in [2.05, 4.69) is 17.6 Å². The van der Waals surface area contributed by atoms with E-state index in [0.29, 0.717) is 12.0 Å². The van der Waals surface area contributed by atoms with E-state index in [0.717, 1.165) is 31.8 Å². The topological polar surface area (TPSA) is 41.1 Å². The quantitative estimate of drug-likeness (QED) is 0.671. The lowest BCUT2D eigenvalue weighted by molar-refractivity contribution is -0.122. The van der Waals surface area contributed by atoms with Crippen LogP contribution in [0.15, 0.2) is 0 Å². The summed E-state index contributed by atoms with van der Waals surface area (Å²) in [4.78, 5) is 11.3. The summed E-state index contributed by atoms with van der Waals surface area (Å²) in [5, 5.41) is 6.49. The summed E-state index contributed by atoms with van der Waals surface area (Å²) < 4.78 is 0. The molecule has 2 rings (SSSR count). The van der Waals surface area contributed by atoms with Crippen LogP contribution < -0.4 is 10.6 Å². The zero-order chi connectivity index (χ0) is 10.7. The Kier molecular flexibility index (Phi) is 3.62. The Morgan fingerprint density at radius 2 is 2.00 bits per heavy atom. The molecule has 0 heterocycles. The molecule has 0 spiro atoms. The van der Waals surface area contributed by atoms with E-state index in [1.165, 1.54) is 19.3 Å². The fraction of sp³-hybridized carbons (Fsp3) is 0.917. The largest absolute Gasteiger partial charge is 0.355 e. The molecule has 86 valence electrons. The predicted molar refractivity (Wildman–Crippen MR) is 60.5 cm³/mol. The predicted octanol–water partition coefficient (Wildman–Crippen LogP) is 1.29. The van der Waals surface area contributed by atoms with Crippen LogP contribution in [-0.4, -0.2) is 25.0 Å². The van der Waals surface area contributed by atoms with Crippen LogP contribution in [0.3, 0.4) is 0 Å². The second-order valence-corrected chi connectivity index (χ2v) is 5.13. The van der Waals surface area contributed by atoms with Gasteiger partial charge in [0, 0.05) is 25.0 Å². The Balaban J connectivity index is 1.49. The Morgan fingerprint density at radius 1 is 1.20 bits per heavy atom. The molecule has 0 aliphatic heterocycles. The Hall–Kier alpha value is -0.570. The number of amides is 1. The van der Waals surface area contributed by atoms with Gasteiger partial charge in [-0.1, -0.05) is 6.92 Å². The van der Waals surface area contributed by atoms with E-state index in [4.69, 9.17) is 0 Å². The lowest BCUT2D eigenvalue weighted by Gasteiger charge is -2.12. The number of carbonyl (C=O) groups excluding carboxylic acids is 1. The van der Waals surface area contributed by atoms with Gasteiger partial charge in [0.15, 0.2) is 0 Å². The van der Waals surface area contributed by atoms with Gasteiger partial charge in [0.25, 0.3) is 0 Å². The van der Waals surface area contributed by atoms with Crippen LogP contribution in [0.2, 0.25) is 0 Å². The highest BCUT2D eigenvalue weighted by Crippen LogP contribution is 2.28. The van der Waals surface area contributed by atoms with Crippen molar-refractivity contribution in [1.82, 2.24) is 10.6 Å². The summed E-state index contributed by atoms with van der Waals surface area (Å²) in [5.41, 5.74) is 0. The van der Waals surface area contributed by atoms with E-state index >= 15 is 0 Å². The molecule has 2 N–H and O–H groups in total. The maximum absolute atomic E-state index is 11.3. The van der Waals surface area contributed by atoms with E-state index in [1.807, 2.05) is 0 Å². The second-order valence-electron chi connectivity index (χ2n) is 5.13. The molecule has 0 aromatic rings. The third-order valence-electron chi connectivity index (χ3n) is 3.50. The molecule has 3 nitrogen and oxygen atoms in total. The summed E-state index contributed by atoms with van der Waals surface area (Å²) in [7, 11) is 0. The summed E-state index contributed by atoms with van der Waals surface area (Å²) >= 11 is 0. The van der Waals surface area contributed by atoms with Gasteiger partial charge in [-0.3, -0.25) is 4.79 Å². The van der Waals surface area contributed by atoms with Crippen LogP contribution in [-0.2, 0) is 4.79 Å². The van der Waals surface area contributed by atoms with Crippen molar-refractivity contribution in [3.05, 3.63) is 0 Å². The average Bonchev–Trinajstić information content (AvgIpc) is 2.98. The monoisotopic (exact) mass is 210 g/mol. The second kappa shape index (κ2) is 4.97. The lowest BCUT2D eigenvalue weighted by atomic mass is 10.1. The fourth-order valence-corrected chi connectivity index (χ4v) is 2.34. The zero-order valence-electron chi connectivity index (χ0n) is 9.59. The molecule has 0 bridgehead atoms. The molecule has 0 saturated heterocycles. The van der Waals surface area contributed by atoms with Gasteiger partial charge in [-0.25, -0.2) is 0 Å². The molecule has 0 radical (unpaired) electrons. The molecule has 2 saturated carbocycles. The van der Waals surface area contributed by atoms with Crippen molar-refractivity contribution >= 4 is 5.91 Å². The lowest BCUT2D eigenvalue weighted by Crippen LogP contribution is -2.36. The van der Waals surface area contributed by atoms with E-state index in [9.17, 15) is 4.79 Å². The SMILES string of the molecule is CC1CCC(NCCNC(=O)C2CC2)C1. The van der Waals surface area contributed by atoms with Gasteiger partial charge in [0.1, 0.15) is 0 Å². The third kappa shape index (κ3) is 3.49. The highest BCUT2D eigenvalue weighted by molar-refractivity contribution is 5.80. The Labute approximate surface area is 92.0 Å². The molecule has 2 aliphatic rings. The van der Waals surface area contributed by atoms with Gasteiger partial charge in [0.2, 0.25) is 5.91 Å². The van der Waals surface area contributed by atoms with Gasteiger partial charge in [-0.15, -0.1) is 0 Å². The van der Waals surface area contributed by atoms with E-state index in [1.54, 1.807) is 0 Å². The first-order valence-corrected chi connectivity index (χ1v) is 6.27. The minimum absolute atomic E-state index is 0.261. The molecule has 3 heteroatoms. The molecule has 2 aliphatic carbocycles. The molecule has 0 aromatic heterocycles. The zero-order valence-corrected chi connectivity index (χ0v) is 9.59. The molecule has 15 heavy (non-hydrogen) atoms. The average molecular weight is 210 g/mol. The van der Waals surface area contributed by atoms with Crippen molar-refractivity contribution in [3.8, 4) is 0 Å². The van der Waals surface area contributed by atoms with Crippen LogP contribution in [0.5, 0.6) is 0 Å². The van der Waals surface area contributed by atoms with Gasteiger partial charge in [0.05, 0.1) is 0 Å². The fourth-order valence-electron chi connectivity index (χ4n) is 2.34.